The number of hydrogen-bond acceptors (Lipinski definition) is 2. The molecule has 0 aliphatic heterocycles. The van der Waals surface area contributed by atoms with Crippen molar-refractivity contribution in [2.75, 3.05) is 6.61 Å². The van der Waals surface area contributed by atoms with E-state index in [2.05, 4.69) is 12.1 Å². The number of hydrogen-bond donors (Lipinski definition) is 1. The molecule has 0 aliphatic carbocycles. The minimum atomic E-state index is -0.834. The summed E-state index contributed by atoms with van der Waals surface area (Å²) >= 11 is 0. The van der Waals surface area contributed by atoms with Crippen molar-refractivity contribution in [2.24, 2.45) is 0 Å². The Bertz CT molecular complexity index is 454. The van der Waals surface area contributed by atoms with Crippen molar-refractivity contribution in [3.05, 3.63) is 59.2 Å². The summed E-state index contributed by atoms with van der Waals surface area (Å²) in [6.45, 7) is 9.19. The smallest absolute Gasteiger partial charge is 0.106 e. The standard InChI is InChI=1S/C19H28O2/c1-5-16(3)19(20,17(4)6-2)13-10-14-21-15-18-11-8-7-9-12-18/h5-9,11-12,20H,10,13-15H2,1-4H3/b16-5+,17-6+. The summed E-state index contributed by atoms with van der Waals surface area (Å²) in [5.41, 5.74) is 2.35. The van der Waals surface area contributed by atoms with Gasteiger partial charge in [-0.3, -0.25) is 0 Å². The number of rotatable bonds is 8. The Morgan fingerprint density at radius 3 is 2.19 bits per heavy atom. The highest BCUT2D eigenvalue weighted by molar-refractivity contribution is 5.29. The number of ether oxygens (including phenoxy) is 1. The van der Waals surface area contributed by atoms with Crippen molar-refractivity contribution < 1.29 is 9.84 Å². The lowest BCUT2D eigenvalue weighted by Crippen LogP contribution is -2.32. The van der Waals surface area contributed by atoms with Crippen LogP contribution < -0.4 is 0 Å². The average molecular weight is 288 g/mol. The van der Waals surface area contributed by atoms with Crippen LogP contribution in [0.15, 0.2) is 53.6 Å². The largest absolute Gasteiger partial charge is 0.381 e. The highest BCUT2D eigenvalue weighted by Crippen LogP contribution is 2.30. The molecule has 0 fully saturated rings. The van der Waals surface area contributed by atoms with E-state index < -0.39 is 5.60 Å². The lowest BCUT2D eigenvalue weighted by Gasteiger charge is -2.30. The molecule has 0 bridgehead atoms. The highest BCUT2D eigenvalue weighted by atomic mass is 16.5. The second-order valence-electron chi connectivity index (χ2n) is 5.45. The third kappa shape index (κ3) is 5.14. The maximum atomic E-state index is 10.9. The average Bonchev–Trinajstić information content (AvgIpc) is 2.53. The van der Waals surface area contributed by atoms with E-state index in [1.807, 2.05) is 58.0 Å². The van der Waals surface area contributed by atoms with Crippen molar-refractivity contribution in [3.8, 4) is 0 Å². The van der Waals surface area contributed by atoms with Gasteiger partial charge in [0.05, 0.1) is 6.61 Å². The molecule has 116 valence electrons. The summed E-state index contributed by atoms with van der Waals surface area (Å²) in [7, 11) is 0. The maximum absolute atomic E-state index is 10.9. The molecule has 1 aromatic rings. The fourth-order valence-electron chi connectivity index (χ4n) is 2.38. The highest BCUT2D eigenvalue weighted by Gasteiger charge is 2.29. The summed E-state index contributed by atoms with van der Waals surface area (Å²) in [4.78, 5) is 0. The first kappa shape index (κ1) is 17.7. The Hall–Kier alpha value is -1.38. The molecular weight excluding hydrogens is 260 g/mol. The van der Waals surface area contributed by atoms with E-state index in [9.17, 15) is 5.11 Å². The Morgan fingerprint density at radius 1 is 1.10 bits per heavy atom. The molecule has 0 radical (unpaired) electrons. The monoisotopic (exact) mass is 288 g/mol. The molecule has 21 heavy (non-hydrogen) atoms. The van der Waals surface area contributed by atoms with E-state index in [0.29, 0.717) is 19.6 Å². The molecule has 0 heterocycles. The topological polar surface area (TPSA) is 29.5 Å². The van der Waals surface area contributed by atoms with Gasteiger partial charge in [-0.05, 0) is 57.2 Å². The summed E-state index contributed by atoms with van der Waals surface area (Å²) in [6, 6.07) is 10.2. The molecule has 0 saturated heterocycles. The van der Waals surface area contributed by atoms with Gasteiger partial charge < -0.3 is 9.84 Å². The third-order valence-corrected chi connectivity index (χ3v) is 4.11. The second-order valence-corrected chi connectivity index (χ2v) is 5.45. The van der Waals surface area contributed by atoms with Crippen LogP contribution in [0, 0.1) is 0 Å². The molecule has 0 amide bonds. The lowest BCUT2D eigenvalue weighted by atomic mass is 9.83. The minimum Gasteiger partial charge on any atom is -0.381 e. The molecule has 0 spiro atoms. The maximum Gasteiger partial charge on any atom is 0.106 e. The van der Waals surface area contributed by atoms with E-state index in [1.54, 1.807) is 0 Å². The van der Waals surface area contributed by atoms with Gasteiger partial charge in [-0.15, -0.1) is 0 Å². The fourth-order valence-corrected chi connectivity index (χ4v) is 2.38. The molecule has 2 heteroatoms. The van der Waals surface area contributed by atoms with E-state index in [-0.39, 0.29) is 0 Å². The molecule has 0 aromatic heterocycles. The molecule has 0 saturated carbocycles. The quantitative estimate of drug-likeness (QED) is 0.557. The van der Waals surface area contributed by atoms with Crippen LogP contribution in [0.3, 0.4) is 0 Å². The predicted octanol–water partition coefficient (Wildman–Crippen LogP) is 4.65. The van der Waals surface area contributed by atoms with Crippen molar-refractivity contribution in [3.63, 3.8) is 0 Å². The van der Waals surface area contributed by atoms with Crippen LogP contribution in [0.5, 0.6) is 0 Å². The van der Waals surface area contributed by atoms with Crippen LogP contribution in [-0.2, 0) is 11.3 Å². The lowest BCUT2D eigenvalue weighted by molar-refractivity contribution is 0.0730. The normalized spacial score (nSPS) is 15.9. The minimum absolute atomic E-state index is 0.629. The molecule has 1 N–H and O–H groups in total. The Morgan fingerprint density at radius 2 is 1.67 bits per heavy atom. The summed E-state index contributed by atoms with van der Waals surface area (Å²) in [6.07, 6.45) is 5.49. The van der Waals surface area contributed by atoms with Crippen LogP contribution in [-0.4, -0.2) is 17.3 Å². The first-order valence-electron chi connectivity index (χ1n) is 7.65. The first-order chi connectivity index (χ1) is 10.0. The Balaban J connectivity index is 2.45. The van der Waals surface area contributed by atoms with Crippen LogP contribution >= 0.6 is 0 Å². The zero-order valence-electron chi connectivity index (χ0n) is 13.7. The van der Waals surface area contributed by atoms with Crippen LogP contribution in [0.2, 0.25) is 0 Å². The number of allylic oxidation sites excluding steroid dienone is 2. The van der Waals surface area contributed by atoms with Crippen molar-refractivity contribution in [1.29, 1.82) is 0 Å². The number of benzene rings is 1. The zero-order chi connectivity index (χ0) is 15.7. The van der Waals surface area contributed by atoms with Crippen LogP contribution in [0.4, 0.5) is 0 Å². The third-order valence-electron chi connectivity index (χ3n) is 4.11. The molecule has 0 unspecified atom stereocenters. The van der Waals surface area contributed by atoms with Crippen LogP contribution in [0.25, 0.3) is 0 Å². The Labute approximate surface area is 129 Å². The SMILES string of the molecule is C/C=C(\C)C(O)(CCCOCc1ccccc1)/C(C)=C/C. The molecule has 1 rings (SSSR count). The van der Waals surface area contributed by atoms with Crippen molar-refractivity contribution >= 4 is 0 Å². The summed E-state index contributed by atoms with van der Waals surface area (Å²) in [5.74, 6) is 0. The van der Waals surface area contributed by atoms with Crippen molar-refractivity contribution in [1.82, 2.24) is 0 Å². The molecule has 1 aromatic carbocycles. The van der Waals surface area contributed by atoms with Gasteiger partial charge in [-0.2, -0.15) is 0 Å². The van der Waals surface area contributed by atoms with E-state index in [0.717, 1.165) is 17.6 Å². The van der Waals surface area contributed by atoms with Crippen LogP contribution in [0.1, 0.15) is 46.1 Å². The van der Waals surface area contributed by atoms with Crippen molar-refractivity contribution in [2.45, 2.75) is 52.7 Å². The molecular formula is C19H28O2. The summed E-state index contributed by atoms with van der Waals surface area (Å²) in [5, 5.41) is 10.9. The van der Waals surface area contributed by atoms with E-state index in [1.165, 1.54) is 5.56 Å². The van der Waals surface area contributed by atoms with E-state index >= 15 is 0 Å². The first-order valence-corrected chi connectivity index (χ1v) is 7.65. The zero-order valence-corrected chi connectivity index (χ0v) is 13.7. The summed E-state index contributed by atoms with van der Waals surface area (Å²) < 4.78 is 5.69. The van der Waals surface area contributed by atoms with E-state index in [4.69, 9.17) is 4.74 Å². The second kappa shape index (κ2) is 8.81. The van der Waals surface area contributed by atoms with Gasteiger partial charge in [0.1, 0.15) is 5.60 Å². The molecule has 0 aliphatic rings. The van der Waals surface area contributed by atoms with Gasteiger partial charge in [0.15, 0.2) is 0 Å². The van der Waals surface area contributed by atoms with Gasteiger partial charge >= 0.3 is 0 Å². The van der Waals surface area contributed by atoms with Gasteiger partial charge in [0.25, 0.3) is 0 Å². The Kier molecular flexibility index (Phi) is 7.41. The molecule has 2 nitrogen and oxygen atoms in total. The predicted molar refractivity (Wildman–Crippen MR) is 89.1 cm³/mol. The van der Waals surface area contributed by atoms with Gasteiger partial charge in [0.2, 0.25) is 0 Å². The fraction of sp³-hybridized carbons (Fsp3) is 0.474. The molecule has 0 atom stereocenters. The van der Waals surface area contributed by atoms with Gasteiger partial charge in [-0.1, -0.05) is 42.5 Å². The van der Waals surface area contributed by atoms with Gasteiger partial charge in [-0.25, -0.2) is 0 Å². The number of aliphatic hydroxyl groups is 1. The van der Waals surface area contributed by atoms with Gasteiger partial charge in [0, 0.05) is 6.61 Å².